The van der Waals surface area contributed by atoms with Crippen molar-refractivity contribution in [3.8, 4) is 33.8 Å². The van der Waals surface area contributed by atoms with Gasteiger partial charge in [0.15, 0.2) is 0 Å². The average Bonchev–Trinajstić information content (AvgIpc) is 1.27. The second-order valence-electron chi connectivity index (χ2n) is 23.1. The smallest absolute Gasteiger partial charge is 0.0996 e. The Morgan fingerprint density at radius 2 is 0.679 bits per heavy atom. The van der Waals surface area contributed by atoms with Gasteiger partial charge in [-0.05, 0) is 116 Å². The molecule has 4 N–H and O–H groups in total. The molecule has 0 fully saturated rings. The van der Waals surface area contributed by atoms with E-state index in [0.29, 0.717) is 0 Å². The highest BCUT2D eigenvalue weighted by Gasteiger charge is 2.32. The molecular formula is C74H46N10. The van der Waals surface area contributed by atoms with Gasteiger partial charge >= 0.3 is 0 Å². The summed E-state index contributed by atoms with van der Waals surface area (Å²) in [5.74, 6) is -0.221. The van der Waals surface area contributed by atoms with E-state index < -0.39 is 0 Å². The number of H-pyrrole nitrogens is 4. The Kier molecular flexibility index (Phi) is 8.89. The molecule has 1 aliphatic carbocycles. The van der Waals surface area contributed by atoms with Gasteiger partial charge in [-0.1, -0.05) is 127 Å². The van der Waals surface area contributed by atoms with Crippen LogP contribution in [0.2, 0.25) is 0 Å². The van der Waals surface area contributed by atoms with E-state index in [4.69, 9.17) is 29.9 Å². The Morgan fingerprint density at radius 3 is 1.08 bits per heavy atom. The van der Waals surface area contributed by atoms with Gasteiger partial charge in [-0.3, -0.25) is 0 Å². The number of rotatable bonds is 2. The van der Waals surface area contributed by atoms with E-state index in [2.05, 4.69) is 223 Å². The SMILES string of the molecule is Cc1c2[nH]c3c1C=C=C=C3c1ccc3c(n1)c1nc(ccc1c1nc4c5ccc6nc5c5nc(ccc5c4nc31)-c1cccc3c(C)c([nH]c13)C(c1ccccc1)c1[nH]c3c-6cccc3c1C)-c1cccc3c(C)c([nH]c13)C2c1ccccc1. The summed E-state index contributed by atoms with van der Waals surface area (Å²) >= 11 is 0. The number of fused-ring (bicyclic) bond motifs is 18. The van der Waals surface area contributed by atoms with Crippen LogP contribution in [0, 0.1) is 27.7 Å². The normalized spacial score (nSPS) is 15.0. The van der Waals surface area contributed by atoms with Crippen molar-refractivity contribution in [3.63, 3.8) is 0 Å². The summed E-state index contributed by atoms with van der Waals surface area (Å²) in [6, 6.07) is 58.4. The van der Waals surface area contributed by atoms with E-state index in [1.165, 1.54) is 27.8 Å². The van der Waals surface area contributed by atoms with Crippen molar-refractivity contribution in [1.29, 1.82) is 0 Å². The number of benzene rings is 7. The topological polar surface area (TPSA) is 140 Å². The first-order valence-corrected chi connectivity index (χ1v) is 28.7. The van der Waals surface area contributed by atoms with Crippen LogP contribution in [0.4, 0.5) is 0 Å². The Hall–Kier alpha value is -11.0. The molecule has 0 radical (unpaired) electrons. The summed E-state index contributed by atoms with van der Waals surface area (Å²) < 4.78 is 0. The molecule has 392 valence electrons. The zero-order chi connectivity index (χ0) is 55.4. The van der Waals surface area contributed by atoms with Crippen molar-refractivity contribution in [2.45, 2.75) is 39.5 Å². The lowest BCUT2D eigenvalue weighted by Gasteiger charge is -2.18. The van der Waals surface area contributed by atoms with E-state index in [-0.39, 0.29) is 11.8 Å². The average molecular weight is 1080 g/mol. The predicted octanol–water partition coefficient (Wildman–Crippen LogP) is 17.2. The molecule has 2 aliphatic heterocycles. The molecule has 9 aromatic heterocycles. The number of pyridine rings is 4. The van der Waals surface area contributed by atoms with Gasteiger partial charge in [-0.25, -0.2) is 29.9 Å². The molecule has 84 heavy (non-hydrogen) atoms. The second kappa shape index (κ2) is 16.3. The van der Waals surface area contributed by atoms with Gasteiger partial charge in [0, 0.05) is 82.7 Å². The number of aromatic nitrogens is 10. The van der Waals surface area contributed by atoms with Crippen LogP contribution in [0.15, 0.2) is 175 Å². The highest BCUT2D eigenvalue weighted by molar-refractivity contribution is 6.27. The minimum atomic E-state index is -0.123. The van der Waals surface area contributed by atoms with E-state index in [1.807, 2.05) is 6.08 Å². The summed E-state index contributed by atoms with van der Waals surface area (Å²) in [6.45, 7) is 8.94. The molecule has 16 aromatic rings. The second-order valence-corrected chi connectivity index (χ2v) is 23.1. The molecule has 2 atom stereocenters. The van der Waals surface area contributed by atoms with E-state index in [0.717, 1.165) is 183 Å². The standard InChI is InChI=1S/C74H46N10/c1-35-41-19-11-23-45-53-31-27-49-67(75-53)68-50(28-32-54(76-68)46-24-12-20-42-36(2)60(80-64(42)46)57(59(35)79-63(41)45)39-15-7-5-8-16-39)72-71(49)83-73-51-29-33-55-47-25-13-21-43-37(3)61(81-65(43)47)58(40-17-9-6-10-18-40)62-38(4)44-22-14-26-48(66(44)82-62)56-34-30-52(74(73)84-72)70(78-56)69(51)77-55/h5-13,15-25,27-34,57-58,79-82H,1-4H3. The Labute approximate surface area is 479 Å². The molecule has 0 spiro atoms. The zero-order valence-corrected chi connectivity index (χ0v) is 46.0. The van der Waals surface area contributed by atoms with Gasteiger partial charge in [0.25, 0.3) is 0 Å². The van der Waals surface area contributed by atoms with Crippen LogP contribution >= 0.6 is 0 Å². The molecule has 11 heterocycles. The van der Waals surface area contributed by atoms with Gasteiger partial charge < -0.3 is 19.9 Å². The van der Waals surface area contributed by atoms with Gasteiger partial charge in [0.2, 0.25) is 0 Å². The third-order valence-electron chi connectivity index (χ3n) is 18.8. The van der Waals surface area contributed by atoms with Crippen LogP contribution in [0.3, 0.4) is 0 Å². The molecule has 0 amide bonds. The summed E-state index contributed by atoms with van der Waals surface area (Å²) in [7, 11) is 0. The van der Waals surface area contributed by atoms with Gasteiger partial charge in [-0.2, -0.15) is 0 Å². The van der Waals surface area contributed by atoms with Crippen molar-refractivity contribution in [2.24, 2.45) is 0 Å². The first kappa shape index (κ1) is 45.7. The molecule has 10 heteroatoms. The summed E-state index contributed by atoms with van der Waals surface area (Å²) in [4.78, 5) is 50.2. The number of nitrogens with zero attached hydrogens (tertiary/aromatic N) is 6. The Morgan fingerprint density at radius 1 is 0.321 bits per heavy atom. The van der Waals surface area contributed by atoms with E-state index >= 15 is 0 Å². The molecule has 2 unspecified atom stereocenters. The molecule has 3 aliphatic rings. The van der Waals surface area contributed by atoms with Crippen molar-refractivity contribution in [1.82, 2.24) is 49.8 Å². The van der Waals surface area contributed by atoms with Crippen molar-refractivity contribution in [2.75, 3.05) is 0 Å². The lowest BCUT2D eigenvalue weighted by Crippen LogP contribution is -2.07. The highest BCUT2D eigenvalue weighted by Crippen LogP contribution is 2.47. The fourth-order valence-corrected chi connectivity index (χ4v) is 14.7. The van der Waals surface area contributed by atoms with Crippen LogP contribution in [0.5, 0.6) is 0 Å². The first-order valence-electron chi connectivity index (χ1n) is 28.7. The van der Waals surface area contributed by atoms with Crippen molar-refractivity contribution in [3.05, 3.63) is 248 Å². The number of para-hydroxylation sites is 3. The van der Waals surface area contributed by atoms with E-state index in [1.54, 1.807) is 0 Å². The van der Waals surface area contributed by atoms with E-state index in [9.17, 15) is 0 Å². The third-order valence-corrected chi connectivity index (χ3v) is 18.8. The monoisotopic (exact) mass is 1070 g/mol. The Bertz CT molecular complexity index is 5820. The molecular weight excluding hydrogens is 1030 g/mol. The Balaban J connectivity index is 0.912. The summed E-state index contributed by atoms with van der Waals surface area (Å²) in [5.41, 5.74) is 36.8. The van der Waals surface area contributed by atoms with Crippen LogP contribution in [0.1, 0.15) is 84.9 Å². The largest absolute Gasteiger partial charge is 0.357 e. The summed E-state index contributed by atoms with van der Waals surface area (Å²) in [5, 5.41) is 6.87. The fourth-order valence-electron chi connectivity index (χ4n) is 14.7. The summed E-state index contributed by atoms with van der Waals surface area (Å²) in [6.07, 6.45) is 2.05. The first-order chi connectivity index (χ1) is 41.3. The maximum atomic E-state index is 5.77. The number of hydrogen-bond donors (Lipinski definition) is 4. The van der Waals surface area contributed by atoms with Crippen LogP contribution in [0.25, 0.3) is 144 Å². The number of nitrogens with one attached hydrogen (secondary N) is 4. The zero-order valence-electron chi connectivity index (χ0n) is 46.0. The third kappa shape index (κ3) is 5.99. The molecule has 0 saturated heterocycles. The fraction of sp³-hybridized carbons (Fsp3) is 0.0811. The lowest BCUT2D eigenvalue weighted by atomic mass is 9.88. The molecule has 0 saturated carbocycles. The van der Waals surface area contributed by atoms with Crippen molar-refractivity contribution >= 4 is 110 Å². The maximum Gasteiger partial charge on any atom is 0.0996 e. The van der Waals surface area contributed by atoms with Crippen LogP contribution in [-0.4, -0.2) is 49.8 Å². The van der Waals surface area contributed by atoms with Crippen LogP contribution < -0.4 is 0 Å². The van der Waals surface area contributed by atoms with Gasteiger partial charge in [0.05, 0.1) is 107 Å². The van der Waals surface area contributed by atoms with Gasteiger partial charge in [-0.15, -0.1) is 0 Å². The number of hydrogen-bond acceptors (Lipinski definition) is 6. The maximum absolute atomic E-state index is 5.77. The minimum absolute atomic E-state index is 0.0982. The van der Waals surface area contributed by atoms with Crippen LogP contribution in [-0.2, 0) is 0 Å². The molecule has 7 aromatic carbocycles. The highest BCUT2D eigenvalue weighted by atomic mass is 14.9. The van der Waals surface area contributed by atoms with Crippen molar-refractivity contribution < 1.29 is 0 Å². The minimum Gasteiger partial charge on any atom is -0.357 e. The molecule has 10 nitrogen and oxygen atoms in total. The number of aryl methyl sites for hydroxylation is 3. The lowest BCUT2D eigenvalue weighted by molar-refractivity contribution is 0.881. The van der Waals surface area contributed by atoms with Gasteiger partial charge in [0.1, 0.15) is 0 Å². The molecule has 19 rings (SSSR count). The molecule has 16 bridgehead atoms. The predicted molar refractivity (Wildman–Crippen MR) is 339 cm³/mol. The quantitative estimate of drug-likeness (QED) is 0.0772. The number of aromatic amines is 4.